The van der Waals surface area contributed by atoms with Crippen LogP contribution in [-0.2, 0) is 24.8 Å². The third-order valence-corrected chi connectivity index (χ3v) is 8.43. The average Bonchev–Trinajstić information content (AvgIpc) is 3.24. The summed E-state index contributed by atoms with van der Waals surface area (Å²) in [6, 6.07) is 18.4. The normalized spacial score (nSPS) is 14.3. The van der Waals surface area contributed by atoms with E-state index >= 15 is 0 Å². The molecule has 1 saturated carbocycles. The van der Waals surface area contributed by atoms with Gasteiger partial charge in [0.15, 0.2) is 18.1 Å². The predicted molar refractivity (Wildman–Crippen MR) is 166 cm³/mol. The number of carbonyl (C=O) groups is 1. The van der Waals surface area contributed by atoms with Crippen molar-refractivity contribution >= 4 is 11.6 Å². The molecule has 1 aliphatic rings. The van der Waals surface area contributed by atoms with Crippen molar-refractivity contribution in [2.75, 3.05) is 19.0 Å². The Morgan fingerprint density at radius 3 is 2.43 bits per heavy atom. The van der Waals surface area contributed by atoms with Crippen molar-refractivity contribution in [1.82, 2.24) is 14.7 Å². The second-order valence-electron chi connectivity index (χ2n) is 11.4. The zero-order valence-electron chi connectivity index (χ0n) is 25.3. The average molecular weight is 605 g/mol. The van der Waals surface area contributed by atoms with Crippen LogP contribution in [0.3, 0.4) is 0 Å². The van der Waals surface area contributed by atoms with Gasteiger partial charge in [0.2, 0.25) is 0 Å². The van der Waals surface area contributed by atoms with Crippen LogP contribution in [0.15, 0.2) is 71.5 Å². The largest absolute Gasteiger partial charge is 0.493 e. The Kier molecular flexibility index (Phi) is 9.49. The fourth-order valence-corrected chi connectivity index (χ4v) is 5.94. The Bertz CT molecular complexity index is 1680. The third kappa shape index (κ3) is 6.86. The van der Waals surface area contributed by atoms with E-state index in [4.69, 9.17) is 9.47 Å². The van der Waals surface area contributed by atoms with E-state index in [1.165, 1.54) is 23.9 Å². The zero-order valence-corrected chi connectivity index (χ0v) is 25.3. The van der Waals surface area contributed by atoms with Gasteiger partial charge in [-0.15, -0.1) is 0 Å². The number of hydrogen-bond donors (Lipinski definition) is 2. The van der Waals surface area contributed by atoms with Gasteiger partial charge in [-0.05, 0) is 67.6 Å². The molecule has 232 valence electrons. The molecule has 0 spiro atoms. The van der Waals surface area contributed by atoms with Gasteiger partial charge in [0.05, 0.1) is 18.5 Å². The first-order valence-electron chi connectivity index (χ1n) is 14.8. The lowest BCUT2D eigenvalue weighted by molar-refractivity contribution is -0.118. The van der Waals surface area contributed by atoms with E-state index in [9.17, 15) is 18.4 Å². The number of ether oxygens (including phenoxy) is 2. The summed E-state index contributed by atoms with van der Waals surface area (Å²) in [5.41, 5.74) is 2.30. The van der Waals surface area contributed by atoms with Crippen molar-refractivity contribution in [2.24, 2.45) is 7.05 Å². The van der Waals surface area contributed by atoms with Gasteiger partial charge in [0.25, 0.3) is 11.5 Å². The molecule has 4 aromatic rings. The van der Waals surface area contributed by atoms with Gasteiger partial charge >= 0.3 is 0 Å². The van der Waals surface area contributed by atoms with E-state index in [0.717, 1.165) is 43.7 Å². The van der Waals surface area contributed by atoms with E-state index in [1.807, 2.05) is 42.5 Å². The predicted octanol–water partition coefficient (Wildman–Crippen LogP) is 5.82. The van der Waals surface area contributed by atoms with Crippen molar-refractivity contribution < 1.29 is 23.0 Å². The number of hydrogen-bond acceptors (Lipinski definition) is 5. The molecule has 0 atom stereocenters. The SMILES string of the molecule is COc1cc(CNC2(Cc3ccc(F)cc3F)CCCCC2)ccc1OCC(=O)Nc1c(C)n(C)n(-c2ccccc2)c1=O. The highest BCUT2D eigenvalue weighted by Crippen LogP contribution is 2.34. The van der Waals surface area contributed by atoms with Crippen LogP contribution in [0.1, 0.15) is 48.9 Å². The van der Waals surface area contributed by atoms with Crippen molar-refractivity contribution in [3.63, 3.8) is 0 Å². The molecule has 0 bridgehead atoms. The zero-order chi connectivity index (χ0) is 31.3. The van der Waals surface area contributed by atoms with Crippen LogP contribution in [0.25, 0.3) is 5.69 Å². The number of aromatic nitrogens is 2. The number of anilines is 1. The number of nitrogens with one attached hydrogen (secondary N) is 2. The van der Waals surface area contributed by atoms with Crippen molar-refractivity contribution in [3.8, 4) is 17.2 Å². The van der Waals surface area contributed by atoms with Crippen LogP contribution in [0.2, 0.25) is 0 Å². The first-order chi connectivity index (χ1) is 21.2. The first kappa shape index (κ1) is 31.0. The molecule has 0 unspecified atom stereocenters. The number of para-hydroxylation sites is 1. The highest BCUT2D eigenvalue weighted by atomic mass is 19.1. The maximum Gasteiger partial charge on any atom is 0.295 e. The van der Waals surface area contributed by atoms with E-state index < -0.39 is 17.5 Å². The van der Waals surface area contributed by atoms with Gasteiger partial charge < -0.3 is 20.1 Å². The number of methoxy groups -OCH3 is 1. The Hall–Kier alpha value is -4.44. The Labute approximate surface area is 255 Å². The summed E-state index contributed by atoms with van der Waals surface area (Å²) in [5, 5.41) is 6.36. The number of amides is 1. The molecule has 1 aliphatic carbocycles. The third-order valence-electron chi connectivity index (χ3n) is 8.43. The molecule has 1 fully saturated rings. The topological polar surface area (TPSA) is 86.5 Å². The van der Waals surface area contributed by atoms with Crippen LogP contribution in [-0.4, -0.2) is 34.5 Å². The number of carbonyl (C=O) groups excluding carboxylic acids is 1. The lowest BCUT2D eigenvalue weighted by Crippen LogP contribution is -2.48. The van der Waals surface area contributed by atoms with Gasteiger partial charge in [0.1, 0.15) is 17.3 Å². The van der Waals surface area contributed by atoms with Crippen molar-refractivity contribution in [1.29, 1.82) is 0 Å². The molecule has 0 saturated heterocycles. The summed E-state index contributed by atoms with van der Waals surface area (Å²) >= 11 is 0. The molecule has 10 heteroatoms. The maximum atomic E-state index is 14.5. The van der Waals surface area contributed by atoms with Gasteiger partial charge in [0, 0.05) is 25.2 Å². The number of rotatable bonds is 11. The van der Waals surface area contributed by atoms with Gasteiger partial charge in [-0.1, -0.05) is 49.6 Å². The molecule has 8 nitrogen and oxygen atoms in total. The van der Waals surface area contributed by atoms with Crippen LogP contribution in [0.5, 0.6) is 11.5 Å². The fourth-order valence-electron chi connectivity index (χ4n) is 5.94. The standard InChI is InChI=1S/C34H38F2N4O4/c1-23-32(33(42)40(39(23)2)27-10-6-4-7-11-27)38-31(41)22-44-29-15-12-24(18-30(29)43-3)21-37-34(16-8-5-9-17-34)20-25-13-14-26(35)19-28(25)36/h4,6-7,10-15,18-19,37H,5,8-9,16-17,20-22H2,1-3H3,(H,38,41). The molecule has 2 N–H and O–H groups in total. The molecule has 44 heavy (non-hydrogen) atoms. The Morgan fingerprint density at radius 1 is 0.977 bits per heavy atom. The minimum Gasteiger partial charge on any atom is -0.493 e. The molecule has 0 aliphatic heterocycles. The van der Waals surface area contributed by atoms with Crippen LogP contribution < -0.4 is 25.7 Å². The highest BCUT2D eigenvalue weighted by Gasteiger charge is 2.32. The number of benzene rings is 3. The van der Waals surface area contributed by atoms with E-state index in [-0.39, 0.29) is 23.4 Å². The lowest BCUT2D eigenvalue weighted by Gasteiger charge is -2.39. The van der Waals surface area contributed by atoms with E-state index in [1.54, 1.807) is 24.7 Å². The van der Waals surface area contributed by atoms with Crippen molar-refractivity contribution in [3.05, 3.63) is 106 Å². The molecule has 1 aromatic heterocycles. The molecular formula is C34H38F2N4O4. The number of nitrogens with zero attached hydrogens (tertiary/aromatic N) is 2. The lowest BCUT2D eigenvalue weighted by atomic mass is 9.77. The minimum absolute atomic E-state index is 0.190. The molecular weight excluding hydrogens is 566 g/mol. The molecule has 1 heterocycles. The van der Waals surface area contributed by atoms with Gasteiger partial charge in [-0.3, -0.25) is 14.3 Å². The molecule has 1 amide bonds. The summed E-state index contributed by atoms with van der Waals surface area (Å²) in [6.45, 7) is 1.96. The van der Waals surface area contributed by atoms with E-state index in [2.05, 4.69) is 10.6 Å². The maximum absolute atomic E-state index is 14.5. The quantitative estimate of drug-likeness (QED) is 0.225. The highest BCUT2D eigenvalue weighted by molar-refractivity contribution is 5.92. The van der Waals surface area contributed by atoms with Crippen LogP contribution >= 0.6 is 0 Å². The monoisotopic (exact) mass is 604 g/mol. The smallest absolute Gasteiger partial charge is 0.295 e. The molecule has 5 rings (SSSR count). The summed E-state index contributed by atoms with van der Waals surface area (Å²) in [4.78, 5) is 25.9. The summed E-state index contributed by atoms with van der Waals surface area (Å²) in [6.07, 6.45) is 5.48. The van der Waals surface area contributed by atoms with Gasteiger partial charge in [-0.2, -0.15) is 0 Å². The minimum atomic E-state index is -0.578. The first-order valence-corrected chi connectivity index (χ1v) is 14.8. The summed E-state index contributed by atoms with van der Waals surface area (Å²) in [7, 11) is 3.28. The van der Waals surface area contributed by atoms with Crippen LogP contribution in [0.4, 0.5) is 14.5 Å². The Balaban J connectivity index is 1.23. The molecule has 3 aromatic carbocycles. The number of halogens is 2. The summed E-state index contributed by atoms with van der Waals surface area (Å²) in [5.74, 6) is -0.727. The fraction of sp³-hybridized carbons (Fsp3) is 0.353. The van der Waals surface area contributed by atoms with Crippen LogP contribution in [0, 0.1) is 18.6 Å². The second kappa shape index (κ2) is 13.5. The van der Waals surface area contributed by atoms with Gasteiger partial charge in [-0.25, -0.2) is 13.5 Å². The van der Waals surface area contributed by atoms with E-state index in [0.29, 0.717) is 41.4 Å². The van der Waals surface area contributed by atoms with Crippen molar-refractivity contribution in [2.45, 2.75) is 57.5 Å². The Morgan fingerprint density at radius 2 is 1.73 bits per heavy atom. The molecule has 0 radical (unpaired) electrons. The summed E-state index contributed by atoms with van der Waals surface area (Å²) < 4.78 is 42.5. The second-order valence-corrected chi connectivity index (χ2v) is 11.4.